The fraction of sp³-hybridized carbons (Fsp3) is 0.0857. The lowest BCUT2D eigenvalue weighted by Crippen LogP contribution is -2.30. The Labute approximate surface area is 274 Å². The predicted molar refractivity (Wildman–Crippen MR) is 185 cm³/mol. The average molecular weight is 653 g/mol. The van der Waals surface area contributed by atoms with Gasteiger partial charge in [-0.1, -0.05) is 71.8 Å². The zero-order chi connectivity index (χ0) is 31.8. The first-order valence-corrected chi connectivity index (χ1v) is 16.1. The van der Waals surface area contributed by atoms with Crippen LogP contribution >= 0.6 is 34.7 Å². The summed E-state index contributed by atoms with van der Waals surface area (Å²) in [6.45, 7) is 3.80. The van der Waals surface area contributed by atoms with E-state index in [1.54, 1.807) is 54.6 Å². The molecule has 0 saturated carbocycles. The lowest BCUT2D eigenvalue weighted by Gasteiger charge is -2.13. The highest BCUT2D eigenvalue weighted by molar-refractivity contribution is 8.00. The van der Waals surface area contributed by atoms with Crippen molar-refractivity contribution in [1.29, 1.82) is 0 Å². The number of hydrogen-bond donors (Lipinski definition) is 3. The maximum atomic E-state index is 13.3. The molecule has 1 heterocycles. The molecule has 45 heavy (non-hydrogen) atoms. The number of carbonyl (C=O) groups excluding carboxylic acids is 3. The van der Waals surface area contributed by atoms with Crippen LogP contribution in [0.4, 0.5) is 10.8 Å². The number of aryl methyl sites for hydroxylation is 1. The second-order valence-electron chi connectivity index (χ2n) is 10.1. The van der Waals surface area contributed by atoms with Crippen LogP contribution in [0.25, 0.3) is 17.3 Å². The van der Waals surface area contributed by atoms with Crippen LogP contribution in [-0.2, 0) is 9.59 Å². The van der Waals surface area contributed by atoms with Crippen LogP contribution in [0.15, 0.2) is 119 Å². The van der Waals surface area contributed by atoms with Crippen molar-refractivity contribution in [2.45, 2.75) is 24.0 Å². The highest BCUT2D eigenvalue weighted by Gasteiger charge is 2.18. The van der Waals surface area contributed by atoms with E-state index < -0.39 is 11.2 Å². The molecule has 3 amide bonds. The molecule has 7 nitrogen and oxygen atoms in total. The van der Waals surface area contributed by atoms with Crippen molar-refractivity contribution < 1.29 is 14.4 Å². The summed E-state index contributed by atoms with van der Waals surface area (Å²) in [4.78, 5) is 44.4. The molecule has 0 aliphatic heterocycles. The Kier molecular flexibility index (Phi) is 10.5. The molecule has 0 saturated heterocycles. The predicted octanol–water partition coefficient (Wildman–Crippen LogP) is 8.30. The minimum atomic E-state index is -0.463. The van der Waals surface area contributed by atoms with E-state index in [0.717, 1.165) is 27.3 Å². The number of carbonyl (C=O) groups is 3. The molecule has 3 N–H and O–H groups in total. The molecular formula is C35H29ClN4O3S2. The summed E-state index contributed by atoms with van der Waals surface area (Å²) < 4.78 is 0. The summed E-state index contributed by atoms with van der Waals surface area (Å²) in [5.41, 5.74) is 4.64. The Balaban J connectivity index is 1.20. The number of aromatic nitrogens is 1. The second-order valence-corrected chi connectivity index (χ2v) is 12.8. The van der Waals surface area contributed by atoms with E-state index in [4.69, 9.17) is 11.6 Å². The molecule has 1 unspecified atom stereocenters. The number of halogens is 1. The number of benzene rings is 4. The van der Waals surface area contributed by atoms with Gasteiger partial charge in [0.15, 0.2) is 5.13 Å². The van der Waals surface area contributed by atoms with Crippen molar-refractivity contribution >= 4 is 69.3 Å². The van der Waals surface area contributed by atoms with Crippen LogP contribution in [0.1, 0.15) is 28.4 Å². The van der Waals surface area contributed by atoms with E-state index in [9.17, 15) is 14.4 Å². The van der Waals surface area contributed by atoms with Gasteiger partial charge in [-0.3, -0.25) is 14.4 Å². The maximum absolute atomic E-state index is 13.3. The van der Waals surface area contributed by atoms with Crippen molar-refractivity contribution in [3.05, 3.63) is 136 Å². The van der Waals surface area contributed by atoms with E-state index in [-0.39, 0.29) is 17.5 Å². The highest BCUT2D eigenvalue weighted by atomic mass is 35.5. The Morgan fingerprint density at radius 2 is 1.56 bits per heavy atom. The summed E-state index contributed by atoms with van der Waals surface area (Å²) in [6.07, 6.45) is 1.64. The molecule has 5 aromatic rings. The van der Waals surface area contributed by atoms with Crippen LogP contribution < -0.4 is 16.0 Å². The molecule has 1 atom stereocenters. The van der Waals surface area contributed by atoms with Crippen LogP contribution in [0.2, 0.25) is 5.02 Å². The van der Waals surface area contributed by atoms with Gasteiger partial charge >= 0.3 is 0 Å². The second kappa shape index (κ2) is 14.9. The zero-order valence-corrected chi connectivity index (χ0v) is 26.8. The van der Waals surface area contributed by atoms with Crippen molar-refractivity contribution in [3.63, 3.8) is 0 Å². The van der Waals surface area contributed by atoms with Gasteiger partial charge in [-0.25, -0.2) is 4.98 Å². The third-order valence-electron chi connectivity index (χ3n) is 6.59. The molecule has 1 aromatic heterocycles. The molecule has 0 aliphatic carbocycles. The summed E-state index contributed by atoms with van der Waals surface area (Å²) in [5, 5.41) is 11.2. The average Bonchev–Trinajstić information content (AvgIpc) is 3.51. The lowest BCUT2D eigenvalue weighted by molar-refractivity contribution is -0.115. The molecule has 0 spiro atoms. The van der Waals surface area contributed by atoms with Crippen LogP contribution in [0.5, 0.6) is 0 Å². The Morgan fingerprint density at radius 1 is 0.867 bits per heavy atom. The number of anilines is 2. The number of thioether (sulfide) groups is 1. The van der Waals surface area contributed by atoms with Gasteiger partial charge in [-0.2, -0.15) is 0 Å². The van der Waals surface area contributed by atoms with Gasteiger partial charge in [-0.05, 0) is 74.0 Å². The first-order valence-electron chi connectivity index (χ1n) is 14.0. The largest absolute Gasteiger partial charge is 0.321 e. The standard InChI is InChI=1S/C35H29ClN4O3S2/c1-22-8-10-24(11-9-22)20-30(38-33(42)26-6-4-3-5-7-26)34(43)37-28-16-18-29(19-17-28)45-23(2)32(41)40-35-39-31(21-44-35)25-12-14-27(36)15-13-25/h3-21,23H,1-2H3,(H,37,43)(H,38,42)(H,39,40,41)/b30-20-. The minimum Gasteiger partial charge on any atom is -0.321 e. The van der Waals surface area contributed by atoms with E-state index in [2.05, 4.69) is 20.9 Å². The monoisotopic (exact) mass is 652 g/mol. The van der Waals surface area contributed by atoms with Crippen molar-refractivity contribution in [3.8, 4) is 11.3 Å². The molecule has 0 aliphatic rings. The first-order chi connectivity index (χ1) is 21.7. The molecule has 5 rings (SSSR count). The number of nitrogens with one attached hydrogen (secondary N) is 3. The number of nitrogens with zero attached hydrogens (tertiary/aromatic N) is 1. The topological polar surface area (TPSA) is 100 Å². The lowest BCUT2D eigenvalue weighted by atomic mass is 10.1. The number of hydrogen-bond acceptors (Lipinski definition) is 6. The normalized spacial score (nSPS) is 11.8. The van der Waals surface area contributed by atoms with E-state index in [0.29, 0.717) is 21.4 Å². The van der Waals surface area contributed by atoms with Gasteiger partial charge in [0.05, 0.1) is 10.9 Å². The Bertz CT molecular complexity index is 1820. The maximum Gasteiger partial charge on any atom is 0.272 e. The highest BCUT2D eigenvalue weighted by Crippen LogP contribution is 2.29. The van der Waals surface area contributed by atoms with E-state index >= 15 is 0 Å². The first kappa shape index (κ1) is 31.7. The van der Waals surface area contributed by atoms with Gasteiger partial charge in [0, 0.05) is 32.1 Å². The summed E-state index contributed by atoms with van der Waals surface area (Å²) >= 11 is 8.72. The molecule has 4 aromatic carbocycles. The molecule has 0 radical (unpaired) electrons. The smallest absolute Gasteiger partial charge is 0.272 e. The summed E-state index contributed by atoms with van der Waals surface area (Å²) in [6, 6.07) is 30.9. The summed E-state index contributed by atoms with van der Waals surface area (Å²) in [7, 11) is 0. The van der Waals surface area contributed by atoms with E-state index in [1.807, 2.05) is 73.8 Å². The molecule has 10 heteroatoms. The third kappa shape index (κ3) is 8.92. The summed E-state index contributed by atoms with van der Waals surface area (Å²) in [5.74, 6) is -1.02. The van der Waals surface area contributed by atoms with Gasteiger partial charge in [0.1, 0.15) is 5.70 Å². The molecular weight excluding hydrogens is 624 g/mol. The SMILES string of the molecule is Cc1ccc(/C=C(\NC(=O)c2ccccc2)C(=O)Nc2ccc(SC(C)C(=O)Nc3nc(-c4ccc(Cl)cc4)cs3)cc2)cc1. The van der Waals surface area contributed by atoms with Crippen molar-refractivity contribution in [1.82, 2.24) is 10.3 Å². The van der Waals surface area contributed by atoms with Crippen LogP contribution in [0.3, 0.4) is 0 Å². The minimum absolute atomic E-state index is 0.109. The molecule has 226 valence electrons. The number of thiazole rings is 1. The van der Waals surface area contributed by atoms with E-state index in [1.165, 1.54) is 23.1 Å². The zero-order valence-electron chi connectivity index (χ0n) is 24.4. The molecule has 0 fully saturated rings. The third-order valence-corrected chi connectivity index (χ3v) is 8.71. The number of rotatable bonds is 10. The quantitative estimate of drug-likeness (QED) is 0.104. The van der Waals surface area contributed by atoms with Gasteiger partial charge < -0.3 is 16.0 Å². The van der Waals surface area contributed by atoms with Crippen molar-refractivity contribution in [2.75, 3.05) is 10.6 Å². The van der Waals surface area contributed by atoms with Crippen molar-refractivity contribution in [2.24, 2.45) is 0 Å². The fourth-order valence-electron chi connectivity index (χ4n) is 4.14. The number of amides is 3. The fourth-order valence-corrected chi connectivity index (χ4v) is 5.85. The molecule has 0 bridgehead atoms. The van der Waals surface area contributed by atoms with Crippen LogP contribution in [-0.4, -0.2) is 28.0 Å². The van der Waals surface area contributed by atoms with Gasteiger partial charge in [0.25, 0.3) is 11.8 Å². The van der Waals surface area contributed by atoms with Gasteiger partial charge in [-0.15, -0.1) is 23.1 Å². The van der Waals surface area contributed by atoms with Gasteiger partial charge in [0.2, 0.25) is 5.91 Å². The Hall–Kier alpha value is -4.70. The van der Waals surface area contributed by atoms with Crippen LogP contribution in [0, 0.1) is 6.92 Å². The Morgan fingerprint density at radius 3 is 2.24 bits per heavy atom.